The number of hydrogen-bond donors (Lipinski definition) is 3. The Hall–Kier alpha value is -0.910. The van der Waals surface area contributed by atoms with Gasteiger partial charge in [-0.3, -0.25) is 4.79 Å². The molecule has 5 rings (SSSR count). The molecule has 11 atom stereocenters. The number of aliphatic hydroxyl groups excluding tert-OH is 3. The summed E-state index contributed by atoms with van der Waals surface area (Å²) < 4.78 is 4.50. The highest BCUT2D eigenvalue weighted by molar-refractivity contribution is 5.36. The van der Waals surface area contributed by atoms with Crippen LogP contribution in [0.1, 0.15) is 132 Å². The number of ether oxygens (including phenoxy) is 1. The molecule has 5 fully saturated rings. The quantitative estimate of drug-likeness (QED) is 0.214. The van der Waals surface area contributed by atoms with E-state index < -0.39 is 0 Å². The van der Waals surface area contributed by atoms with Gasteiger partial charge in [-0.1, -0.05) is 60.5 Å². The van der Waals surface area contributed by atoms with E-state index in [-0.39, 0.29) is 18.6 Å². The smallest absolute Gasteiger partial charge is 0.293 e. The Bertz CT molecular complexity index is 831. The molecule has 5 aliphatic rings. The number of fused-ring (bicyclic) bond motifs is 7. The fraction of sp³-hybridized carbons (Fsp3) is 0.919. The zero-order valence-electron chi connectivity index (χ0n) is 28.7. The lowest BCUT2D eigenvalue weighted by molar-refractivity contribution is -0.231. The van der Waals surface area contributed by atoms with Crippen molar-refractivity contribution < 1.29 is 24.9 Å². The van der Waals surface area contributed by atoms with Crippen LogP contribution < -0.4 is 0 Å². The van der Waals surface area contributed by atoms with Crippen molar-refractivity contribution in [2.24, 2.45) is 57.2 Å². The van der Waals surface area contributed by atoms with Crippen LogP contribution in [0.3, 0.4) is 0 Å². The van der Waals surface area contributed by atoms with E-state index in [2.05, 4.69) is 45.9 Å². The van der Waals surface area contributed by atoms with E-state index in [9.17, 15) is 9.90 Å². The third-order valence-electron chi connectivity index (χ3n) is 13.7. The van der Waals surface area contributed by atoms with E-state index in [0.29, 0.717) is 40.7 Å². The zero-order valence-corrected chi connectivity index (χ0v) is 28.7. The van der Waals surface area contributed by atoms with Gasteiger partial charge in [-0.05, 0) is 129 Å². The van der Waals surface area contributed by atoms with Crippen molar-refractivity contribution in [3.63, 3.8) is 0 Å². The summed E-state index contributed by atoms with van der Waals surface area (Å²) in [6, 6.07) is 0. The van der Waals surface area contributed by atoms with E-state index in [4.69, 9.17) is 10.2 Å². The summed E-state index contributed by atoms with van der Waals surface area (Å²) in [7, 11) is 1.00. The van der Waals surface area contributed by atoms with Gasteiger partial charge < -0.3 is 20.1 Å². The lowest BCUT2D eigenvalue weighted by Crippen LogP contribution is -2.64. The summed E-state index contributed by atoms with van der Waals surface area (Å²) in [5.41, 5.74) is 2.21. The molecule has 5 aliphatic carbocycles. The standard InChI is InChI=1S/C26H44O.C7H14O3.C3H6.CH4O/c1-17-18-10-14-26(5)22(24(18,3)13-11-21(17)27)9-8-20-19-7-6-12-23(19,2)15-16-25(20,26)4;1-2-3-7(4-8)5-10-6-9;1-3-2;1-2/h17-22,27H,6-16H2,1-5H3;6-8H,2-5H2,1H3;3H,1H2,2H3;2H,1H3. The van der Waals surface area contributed by atoms with E-state index in [1.807, 2.05) is 13.8 Å². The van der Waals surface area contributed by atoms with Gasteiger partial charge in [-0.2, -0.15) is 0 Å². The molecule has 0 aromatic carbocycles. The van der Waals surface area contributed by atoms with Crippen LogP contribution in [0.5, 0.6) is 0 Å². The molecule has 0 aromatic heterocycles. The molecule has 3 N–H and O–H groups in total. The van der Waals surface area contributed by atoms with Gasteiger partial charge in [0, 0.05) is 19.6 Å². The molecule has 0 saturated heterocycles. The molecule has 0 spiro atoms. The maximum atomic E-state index is 10.6. The van der Waals surface area contributed by atoms with Crippen molar-refractivity contribution in [3.05, 3.63) is 12.7 Å². The van der Waals surface area contributed by atoms with Crippen LogP contribution in [-0.2, 0) is 9.53 Å². The molecule has 0 aromatic rings. The number of hydrogen-bond acceptors (Lipinski definition) is 5. The molecule has 0 bridgehead atoms. The topological polar surface area (TPSA) is 87.0 Å². The normalized spacial score (nSPS) is 43.9. The van der Waals surface area contributed by atoms with Gasteiger partial charge in [0.1, 0.15) is 0 Å². The average molecular weight is 593 g/mol. The molecule has 0 amide bonds. The van der Waals surface area contributed by atoms with Crippen molar-refractivity contribution in [1.82, 2.24) is 0 Å². The Labute approximate surface area is 259 Å². The lowest BCUT2D eigenvalue weighted by atomic mass is 9.33. The molecular formula is C37H68O5. The lowest BCUT2D eigenvalue weighted by Gasteiger charge is -2.71. The Morgan fingerprint density at radius 2 is 1.57 bits per heavy atom. The van der Waals surface area contributed by atoms with Gasteiger partial charge >= 0.3 is 0 Å². The van der Waals surface area contributed by atoms with Crippen LogP contribution in [0.4, 0.5) is 0 Å². The number of carbonyl (C=O) groups excluding carboxylic acids is 1. The van der Waals surface area contributed by atoms with Crippen LogP contribution in [0.25, 0.3) is 0 Å². The number of carbonyl (C=O) groups is 1. The molecule has 5 saturated carbocycles. The van der Waals surface area contributed by atoms with Crippen molar-refractivity contribution in [2.75, 3.05) is 20.3 Å². The summed E-state index contributed by atoms with van der Waals surface area (Å²) in [4.78, 5) is 9.73. The van der Waals surface area contributed by atoms with Gasteiger partial charge in [0.2, 0.25) is 0 Å². The second kappa shape index (κ2) is 15.9. The minimum atomic E-state index is -0.0479. The highest BCUT2D eigenvalue weighted by atomic mass is 16.5. The predicted molar refractivity (Wildman–Crippen MR) is 174 cm³/mol. The molecule has 0 heterocycles. The van der Waals surface area contributed by atoms with Crippen LogP contribution in [-0.4, -0.2) is 48.2 Å². The summed E-state index contributed by atoms with van der Waals surface area (Å²) in [5, 5.41) is 26.2. The van der Waals surface area contributed by atoms with Crippen molar-refractivity contribution in [2.45, 2.75) is 138 Å². The molecule has 42 heavy (non-hydrogen) atoms. The Balaban J connectivity index is 0.000000347. The molecule has 5 heteroatoms. The Morgan fingerprint density at radius 3 is 2.17 bits per heavy atom. The first-order valence-corrected chi connectivity index (χ1v) is 17.3. The van der Waals surface area contributed by atoms with Gasteiger partial charge in [0.25, 0.3) is 6.47 Å². The highest BCUT2D eigenvalue weighted by Gasteiger charge is 2.68. The van der Waals surface area contributed by atoms with Crippen LogP contribution in [0.15, 0.2) is 12.7 Å². The molecule has 5 nitrogen and oxygen atoms in total. The van der Waals surface area contributed by atoms with Gasteiger partial charge in [-0.15, -0.1) is 6.58 Å². The summed E-state index contributed by atoms with van der Waals surface area (Å²) in [6.45, 7) is 21.3. The van der Waals surface area contributed by atoms with E-state index in [0.717, 1.165) is 50.0 Å². The van der Waals surface area contributed by atoms with Gasteiger partial charge in [0.15, 0.2) is 0 Å². The minimum Gasteiger partial charge on any atom is -0.468 e. The second-order valence-electron chi connectivity index (χ2n) is 15.5. The van der Waals surface area contributed by atoms with Crippen molar-refractivity contribution in [1.29, 1.82) is 0 Å². The third-order valence-corrected chi connectivity index (χ3v) is 13.7. The third kappa shape index (κ3) is 6.99. The number of rotatable bonds is 6. The van der Waals surface area contributed by atoms with E-state index in [1.165, 1.54) is 64.2 Å². The van der Waals surface area contributed by atoms with Crippen molar-refractivity contribution >= 4 is 6.47 Å². The zero-order chi connectivity index (χ0) is 31.8. The second-order valence-corrected chi connectivity index (χ2v) is 15.5. The van der Waals surface area contributed by atoms with Crippen LogP contribution in [0.2, 0.25) is 0 Å². The average Bonchev–Trinajstić information content (AvgIpc) is 3.37. The first kappa shape index (κ1) is 37.3. The number of allylic oxidation sites excluding steroid dienone is 1. The predicted octanol–water partition coefficient (Wildman–Crippen LogP) is 8.20. The summed E-state index contributed by atoms with van der Waals surface area (Å²) in [5.74, 6) is 4.24. The maximum absolute atomic E-state index is 10.6. The van der Waals surface area contributed by atoms with Crippen molar-refractivity contribution in [3.8, 4) is 0 Å². The SMILES string of the molecule is C=CC.CC1C(O)CCC2(C)C1CCC1(C)C2CCC2C3CCCC3(C)CCC21C.CCCC(CO)COC=O.CO. The summed E-state index contributed by atoms with van der Waals surface area (Å²) in [6.07, 6.45) is 19.2. The first-order chi connectivity index (χ1) is 19.9. The Kier molecular flexibility index (Phi) is 14.1. The Morgan fingerprint density at radius 1 is 0.905 bits per heavy atom. The molecule has 0 radical (unpaired) electrons. The molecule has 0 aliphatic heterocycles. The fourth-order valence-corrected chi connectivity index (χ4v) is 11.3. The monoisotopic (exact) mass is 593 g/mol. The minimum absolute atomic E-state index is 0.0479. The molecule has 11 unspecified atom stereocenters. The largest absolute Gasteiger partial charge is 0.468 e. The van der Waals surface area contributed by atoms with Crippen LogP contribution >= 0.6 is 0 Å². The maximum Gasteiger partial charge on any atom is 0.293 e. The molecule has 246 valence electrons. The molecular weight excluding hydrogens is 524 g/mol. The van der Waals surface area contributed by atoms with Crippen LogP contribution in [0, 0.1) is 57.2 Å². The van der Waals surface area contributed by atoms with Gasteiger partial charge in [0.05, 0.1) is 12.7 Å². The highest BCUT2D eigenvalue weighted by Crippen LogP contribution is 2.75. The van der Waals surface area contributed by atoms with E-state index in [1.54, 1.807) is 6.08 Å². The van der Waals surface area contributed by atoms with E-state index >= 15 is 0 Å². The first-order valence-electron chi connectivity index (χ1n) is 17.3. The summed E-state index contributed by atoms with van der Waals surface area (Å²) >= 11 is 0. The van der Waals surface area contributed by atoms with Gasteiger partial charge in [-0.25, -0.2) is 0 Å². The fourth-order valence-electron chi connectivity index (χ4n) is 11.3. The number of aliphatic hydroxyl groups is 3.